The molecule has 0 amide bonds. The smallest absolute Gasteiger partial charge is 0.151 e. The third-order valence-corrected chi connectivity index (χ3v) is 3.24. The molecule has 0 unspecified atom stereocenters. The second-order valence-corrected chi connectivity index (χ2v) is 5.26. The summed E-state index contributed by atoms with van der Waals surface area (Å²) in [4.78, 5) is 18.4. The maximum Gasteiger partial charge on any atom is 0.151 e. The number of aryl methyl sites for hydroxylation is 4. The summed E-state index contributed by atoms with van der Waals surface area (Å²) in [6, 6.07) is 3.89. The Balaban J connectivity index is 0.000000191. The molecule has 4 heteroatoms. The van der Waals surface area contributed by atoms with E-state index in [1.54, 1.807) is 6.20 Å². The number of aldehydes is 1. The second-order valence-electron chi connectivity index (χ2n) is 4.34. The van der Waals surface area contributed by atoms with Crippen molar-refractivity contribution in [3.8, 4) is 0 Å². The lowest BCUT2D eigenvalue weighted by Crippen LogP contribution is -1.89. The Hall–Kier alpha value is -1.55. The summed E-state index contributed by atoms with van der Waals surface area (Å²) >= 11 is 3.33. The molecular formula is C15H17BrN2O. The molecule has 0 atom stereocenters. The predicted octanol–water partition coefficient (Wildman–Crippen LogP) is 3.97. The first-order valence-corrected chi connectivity index (χ1v) is 6.70. The zero-order valence-corrected chi connectivity index (χ0v) is 13.2. The van der Waals surface area contributed by atoms with E-state index in [4.69, 9.17) is 0 Å². The summed E-state index contributed by atoms with van der Waals surface area (Å²) in [5.41, 5.74) is 5.00. The van der Waals surface area contributed by atoms with Crippen molar-refractivity contribution < 1.29 is 4.79 Å². The van der Waals surface area contributed by atoms with E-state index in [9.17, 15) is 4.79 Å². The predicted molar refractivity (Wildman–Crippen MR) is 80.5 cm³/mol. The van der Waals surface area contributed by atoms with Crippen LogP contribution in [0.3, 0.4) is 0 Å². The van der Waals surface area contributed by atoms with Crippen molar-refractivity contribution in [1.82, 2.24) is 9.97 Å². The minimum Gasteiger partial charge on any atom is -0.298 e. The lowest BCUT2D eigenvalue weighted by molar-refractivity contribution is 0.112. The van der Waals surface area contributed by atoms with Crippen molar-refractivity contribution in [3.63, 3.8) is 0 Å². The molecule has 0 radical (unpaired) electrons. The molecule has 0 aromatic carbocycles. The van der Waals surface area contributed by atoms with E-state index in [0.717, 1.165) is 27.7 Å². The van der Waals surface area contributed by atoms with E-state index in [-0.39, 0.29) is 0 Å². The normalized spacial score (nSPS) is 9.53. The van der Waals surface area contributed by atoms with Crippen molar-refractivity contribution in [3.05, 3.63) is 57.1 Å². The van der Waals surface area contributed by atoms with Crippen molar-refractivity contribution in [1.29, 1.82) is 0 Å². The van der Waals surface area contributed by atoms with Crippen LogP contribution >= 0.6 is 15.9 Å². The summed E-state index contributed by atoms with van der Waals surface area (Å²) in [5.74, 6) is 0. The number of rotatable bonds is 1. The van der Waals surface area contributed by atoms with Gasteiger partial charge in [0.15, 0.2) is 6.29 Å². The first-order chi connectivity index (χ1) is 8.93. The average molecular weight is 321 g/mol. The topological polar surface area (TPSA) is 42.9 Å². The van der Waals surface area contributed by atoms with Gasteiger partial charge in [0.1, 0.15) is 0 Å². The molecule has 2 aromatic rings. The number of pyridine rings is 2. The quantitative estimate of drug-likeness (QED) is 0.746. The van der Waals surface area contributed by atoms with E-state index in [2.05, 4.69) is 32.0 Å². The Morgan fingerprint density at radius 3 is 1.89 bits per heavy atom. The summed E-state index contributed by atoms with van der Waals surface area (Å²) in [7, 11) is 0. The molecule has 2 aromatic heterocycles. The number of hydrogen-bond acceptors (Lipinski definition) is 3. The van der Waals surface area contributed by atoms with Crippen LogP contribution in [0, 0.1) is 27.7 Å². The van der Waals surface area contributed by atoms with Crippen LogP contribution in [0.15, 0.2) is 29.0 Å². The number of carbonyl (C=O) groups is 1. The van der Waals surface area contributed by atoms with Crippen LogP contribution in [-0.4, -0.2) is 16.3 Å². The Bertz CT molecular complexity index is 582. The van der Waals surface area contributed by atoms with Gasteiger partial charge in [-0.05, 0) is 66.9 Å². The largest absolute Gasteiger partial charge is 0.298 e. The van der Waals surface area contributed by atoms with E-state index in [0.29, 0.717) is 5.56 Å². The number of carbonyl (C=O) groups excluding carboxylic acids is 1. The molecule has 0 spiro atoms. The van der Waals surface area contributed by atoms with E-state index in [1.165, 1.54) is 5.56 Å². The molecule has 2 rings (SSSR count). The fraction of sp³-hybridized carbons (Fsp3) is 0.267. The summed E-state index contributed by atoms with van der Waals surface area (Å²) in [6.45, 7) is 7.91. The van der Waals surface area contributed by atoms with Crippen LogP contribution in [0.1, 0.15) is 32.9 Å². The Kier molecular flexibility index (Phi) is 5.83. The highest BCUT2D eigenvalue weighted by molar-refractivity contribution is 9.10. The molecule has 0 aliphatic heterocycles. The van der Waals surface area contributed by atoms with Crippen molar-refractivity contribution >= 4 is 22.2 Å². The van der Waals surface area contributed by atoms with Crippen LogP contribution in [0.4, 0.5) is 0 Å². The number of hydrogen-bond donors (Lipinski definition) is 0. The van der Waals surface area contributed by atoms with Gasteiger partial charge in [0.25, 0.3) is 0 Å². The summed E-state index contributed by atoms with van der Waals surface area (Å²) < 4.78 is 1.05. The maximum absolute atomic E-state index is 10.2. The monoisotopic (exact) mass is 320 g/mol. The zero-order chi connectivity index (χ0) is 14.4. The van der Waals surface area contributed by atoms with Gasteiger partial charge >= 0.3 is 0 Å². The third kappa shape index (κ3) is 4.91. The van der Waals surface area contributed by atoms with Gasteiger partial charge in [-0.1, -0.05) is 0 Å². The van der Waals surface area contributed by atoms with E-state index >= 15 is 0 Å². The van der Waals surface area contributed by atoms with Crippen molar-refractivity contribution in [2.45, 2.75) is 27.7 Å². The molecule has 0 saturated heterocycles. The molecule has 19 heavy (non-hydrogen) atoms. The number of aromatic nitrogens is 2. The second kappa shape index (κ2) is 7.14. The lowest BCUT2D eigenvalue weighted by Gasteiger charge is -1.96. The molecule has 0 fully saturated rings. The van der Waals surface area contributed by atoms with Gasteiger partial charge in [0.05, 0.1) is 0 Å². The highest BCUT2D eigenvalue weighted by Crippen LogP contribution is 2.11. The molecule has 0 saturated carbocycles. The van der Waals surface area contributed by atoms with E-state index in [1.807, 2.05) is 40.0 Å². The number of halogens is 1. The third-order valence-electron chi connectivity index (χ3n) is 2.80. The van der Waals surface area contributed by atoms with Gasteiger partial charge < -0.3 is 0 Å². The SMILES string of the molecule is Cc1cc(Br)cnc1C.Cc1cc(C=O)cnc1C. The molecule has 0 N–H and O–H groups in total. The minimum absolute atomic E-state index is 0.642. The van der Waals surface area contributed by atoms with Crippen LogP contribution < -0.4 is 0 Å². The average Bonchev–Trinajstić information content (AvgIpc) is 2.38. The van der Waals surface area contributed by atoms with Gasteiger partial charge in [-0.15, -0.1) is 0 Å². The highest BCUT2D eigenvalue weighted by atomic mass is 79.9. The van der Waals surface area contributed by atoms with Crippen LogP contribution in [-0.2, 0) is 0 Å². The standard InChI is InChI=1S/C8H9NO.C7H8BrN/c1-6-3-8(5-10)4-9-7(6)2;1-5-3-7(8)4-9-6(5)2/h3-5H,1-2H3;3-4H,1-2H3. The van der Waals surface area contributed by atoms with Gasteiger partial charge in [0, 0.05) is 33.8 Å². The molecule has 0 bridgehead atoms. The van der Waals surface area contributed by atoms with Crippen LogP contribution in [0.25, 0.3) is 0 Å². The first kappa shape index (κ1) is 15.5. The minimum atomic E-state index is 0.642. The zero-order valence-electron chi connectivity index (χ0n) is 11.6. The molecule has 3 nitrogen and oxygen atoms in total. The summed E-state index contributed by atoms with van der Waals surface area (Å²) in [6.07, 6.45) is 4.19. The maximum atomic E-state index is 10.2. The fourth-order valence-electron chi connectivity index (χ4n) is 1.34. The Labute approximate surface area is 122 Å². The van der Waals surface area contributed by atoms with Gasteiger partial charge in [0.2, 0.25) is 0 Å². The lowest BCUT2D eigenvalue weighted by atomic mass is 10.2. The highest BCUT2D eigenvalue weighted by Gasteiger charge is 1.94. The number of nitrogens with zero attached hydrogens (tertiary/aromatic N) is 2. The van der Waals surface area contributed by atoms with Gasteiger partial charge in [-0.2, -0.15) is 0 Å². The molecule has 100 valence electrons. The van der Waals surface area contributed by atoms with Crippen molar-refractivity contribution in [2.75, 3.05) is 0 Å². The molecule has 0 aliphatic rings. The Morgan fingerprint density at radius 1 is 0.947 bits per heavy atom. The molecular weight excluding hydrogens is 304 g/mol. The van der Waals surface area contributed by atoms with Gasteiger partial charge in [-0.25, -0.2) is 0 Å². The summed E-state index contributed by atoms with van der Waals surface area (Å²) in [5, 5.41) is 0. The molecule has 2 heterocycles. The van der Waals surface area contributed by atoms with Crippen LogP contribution in [0.5, 0.6) is 0 Å². The Morgan fingerprint density at radius 2 is 1.47 bits per heavy atom. The molecule has 0 aliphatic carbocycles. The van der Waals surface area contributed by atoms with Gasteiger partial charge in [-0.3, -0.25) is 14.8 Å². The first-order valence-electron chi connectivity index (χ1n) is 5.91. The van der Waals surface area contributed by atoms with Crippen LogP contribution in [0.2, 0.25) is 0 Å². The van der Waals surface area contributed by atoms with Crippen molar-refractivity contribution in [2.24, 2.45) is 0 Å². The fourth-order valence-corrected chi connectivity index (χ4v) is 1.78. The van der Waals surface area contributed by atoms with E-state index < -0.39 is 0 Å².